The van der Waals surface area contributed by atoms with Crippen molar-refractivity contribution in [2.45, 2.75) is 53.4 Å². The summed E-state index contributed by atoms with van der Waals surface area (Å²) in [4.78, 5) is 10.6. The van der Waals surface area contributed by atoms with Crippen molar-refractivity contribution in [1.29, 1.82) is 0 Å². The van der Waals surface area contributed by atoms with Gasteiger partial charge in [-0.15, -0.1) is 0 Å². The largest absolute Gasteiger partial charge is 0.481 e. The predicted octanol–water partition coefficient (Wildman–Crippen LogP) is 2.89. The van der Waals surface area contributed by atoms with Gasteiger partial charge < -0.3 is 10.8 Å². The van der Waals surface area contributed by atoms with Crippen LogP contribution < -0.4 is 5.73 Å². The first kappa shape index (κ1) is 16.8. The number of aliphatic carboxylic acids is 1. The Balaban J connectivity index is 0. The Bertz CT molecular complexity index is 145. The molecule has 0 aliphatic heterocycles. The third-order valence-corrected chi connectivity index (χ3v) is 2.71. The molecule has 92 valence electrons. The van der Waals surface area contributed by atoms with E-state index < -0.39 is 5.97 Å². The summed E-state index contributed by atoms with van der Waals surface area (Å²) in [6.07, 6.45) is 3.97. The Labute approximate surface area is 94.1 Å². The lowest BCUT2D eigenvalue weighted by atomic mass is 9.92. The van der Waals surface area contributed by atoms with Crippen molar-refractivity contribution in [3.8, 4) is 0 Å². The van der Waals surface area contributed by atoms with Crippen molar-refractivity contribution >= 4 is 5.97 Å². The van der Waals surface area contributed by atoms with E-state index in [0.717, 1.165) is 25.7 Å². The smallest absolute Gasteiger partial charge is 0.307 e. The highest BCUT2D eigenvalue weighted by Gasteiger charge is 2.16. The van der Waals surface area contributed by atoms with Crippen LogP contribution >= 0.6 is 0 Å². The second-order valence-electron chi connectivity index (χ2n) is 3.53. The molecule has 3 N–H and O–H groups in total. The van der Waals surface area contributed by atoms with Crippen LogP contribution in [-0.2, 0) is 4.79 Å². The second-order valence-corrected chi connectivity index (χ2v) is 3.53. The lowest BCUT2D eigenvalue weighted by Gasteiger charge is -2.14. The minimum absolute atomic E-state index is 0.259. The summed E-state index contributed by atoms with van der Waals surface area (Å²) in [5, 5.41) is 8.75. The zero-order valence-corrected chi connectivity index (χ0v) is 10.6. The predicted molar refractivity (Wildman–Crippen MR) is 64.8 cm³/mol. The average Bonchev–Trinajstić information content (AvgIpc) is 2.27. The van der Waals surface area contributed by atoms with Crippen molar-refractivity contribution in [2.24, 2.45) is 17.6 Å². The van der Waals surface area contributed by atoms with Crippen molar-refractivity contribution < 1.29 is 9.90 Å². The highest BCUT2D eigenvalue weighted by atomic mass is 16.4. The summed E-state index contributed by atoms with van der Waals surface area (Å²) in [7, 11) is 0. The lowest BCUT2D eigenvalue weighted by molar-refractivity contribution is -0.141. The molecule has 0 aliphatic carbocycles. The Morgan fingerprint density at radius 1 is 1.20 bits per heavy atom. The van der Waals surface area contributed by atoms with Gasteiger partial charge in [-0.1, -0.05) is 40.5 Å². The molecule has 0 aromatic carbocycles. The number of hydrogen-bond donors (Lipinski definition) is 2. The van der Waals surface area contributed by atoms with Crippen LogP contribution in [0.3, 0.4) is 0 Å². The molecule has 3 nitrogen and oxygen atoms in total. The van der Waals surface area contributed by atoms with E-state index >= 15 is 0 Å². The SMILES string of the molecule is CC.CCC(CC)CC[C@@H](CN)C(=O)O. The van der Waals surface area contributed by atoms with Crippen LogP contribution in [0.2, 0.25) is 0 Å². The van der Waals surface area contributed by atoms with Crippen LogP contribution in [0.4, 0.5) is 0 Å². The van der Waals surface area contributed by atoms with Crippen LogP contribution in [0.25, 0.3) is 0 Å². The fraction of sp³-hybridized carbons (Fsp3) is 0.917. The van der Waals surface area contributed by atoms with Gasteiger partial charge in [-0.3, -0.25) is 4.79 Å². The Hall–Kier alpha value is -0.570. The molecule has 0 unspecified atom stereocenters. The van der Waals surface area contributed by atoms with E-state index in [2.05, 4.69) is 13.8 Å². The van der Waals surface area contributed by atoms with Gasteiger partial charge in [0.25, 0.3) is 0 Å². The summed E-state index contributed by atoms with van der Waals surface area (Å²) < 4.78 is 0. The zero-order valence-electron chi connectivity index (χ0n) is 10.6. The highest BCUT2D eigenvalue weighted by Crippen LogP contribution is 2.18. The number of carboxylic acid groups (broad SMARTS) is 1. The van der Waals surface area contributed by atoms with Crippen LogP contribution in [0.5, 0.6) is 0 Å². The van der Waals surface area contributed by atoms with Crippen molar-refractivity contribution in [2.75, 3.05) is 6.54 Å². The third kappa shape index (κ3) is 8.43. The molecule has 0 saturated heterocycles. The fourth-order valence-electron chi connectivity index (χ4n) is 1.48. The number of carboxylic acids is 1. The quantitative estimate of drug-likeness (QED) is 0.689. The highest BCUT2D eigenvalue weighted by molar-refractivity contribution is 5.70. The molecule has 0 rings (SSSR count). The van der Waals surface area contributed by atoms with Crippen molar-refractivity contribution in [3.63, 3.8) is 0 Å². The summed E-state index contributed by atoms with van der Waals surface area (Å²) in [6.45, 7) is 8.55. The third-order valence-electron chi connectivity index (χ3n) is 2.71. The van der Waals surface area contributed by atoms with Gasteiger partial charge in [-0.25, -0.2) is 0 Å². The number of hydrogen-bond acceptors (Lipinski definition) is 2. The molecule has 0 fully saturated rings. The van der Waals surface area contributed by atoms with E-state index in [1.807, 2.05) is 13.8 Å². The van der Waals surface area contributed by atoms with Crippen molar-refractivity contribution in [1.82, 2.24) is 0 Å². The van der Waals surface area contributed by atoms with Gasteiger partial charge in [0.1, 0.15) is 0 Å². The van der Waals surface area contributed by atoms with Gasteiger partial charge in [-0.2, -0.15) is 0 Å². The molecule has 0 radical (unpaired) electrons. The molecule has 0 aromatic rings. The van der Waals surface area contributed by atoms with Crippen molar-refractivity contribution in [3.05, 3.63) is 0 Å². The summed E-state index contributed by atoms with van der Waals surface area (Å²) in [5.41, 5.74) is 5.36. The zero-order chi connectivity index (χ0) is 12.3. The molecule has 0 aromatic heterocycles. The first-order valence-corrected chi connectivity index (χ1v) is 6.08. The number of carbonyl (C=O) groups is 1. The molecule has 0 heterocycles. The van der Waals surface area contributed by atoms with Crippen LogP contribution in [0.15, 0.2) is 0 Å². The number of rotatable bonds is 7. The Kier molecular flexibility index (Phi) is 12.9. The van der Waals surface area contributed by atoms with E-state index in [9.17, 15) is 4.79 Å². The van der Waals surface area contributed by atoms with E-state index in [0.29, 0.717) is 5.92 Å². The molecule has 0 amide bonds. The lowest BCUT2D eigenvalue weighted by Crippen LogP contribution is -2.23. The molecular weight excluding hydrogens is 190 g/mol. The molecule has 0 aliphatic rings. The standard InChI is InChI=1S/C10H21NO2.C2H6/c1-3-8(4-2)5-6-9(7-11)10(12)13;1-2/h8-9H,3-7,11H2,1-2H3,(H,12,13);1-2H3/t9-;/m0./s1. The maximum absolute atomic E-state index is 10.6. The summed E-state index contributed by atoms with van der Waals surface area (Å²) in [6, 6.07) is 0. The first-order chi connectivity index (χ1) is 7.15. The topological polar surface area (TPSA) is 63.3 Å². The summed E-state index contributed by atoms with van der Waals surface area (Å²) >= 11 is 0. The van der Waals surface area contributed by atoms with Gasteiger partial charge >= 0.3 is 5.97 Å². The Morgan fingerprint density at radius 3 is 1.93 bits per heavy atom. The molecular formula is C12H27NO2. The monoisotopic (exact) mass is 217 g/mol. The Morgan fingerprint density at radius 2 is 1.67 bits per heavy atom. The van der Waals surface area contributed by atoms with E-state index in [4.69, 9.17) is 10.8 Å². The summed E-state index contributed by atoms with van der Waals surface area (Å²) in [5.74, 6) is -0.442. The van der Waals surface area contributed by atoms with E-state index in [1.165, 1.54) is 0 Å². The maximum Gasteiger partial charge on any atom is 0.307 e. The average molecular weight is 217 g/mol. The molecule has 1 atom stereocenters. The van der Waals surface area contributed by atoms with Gasteiger partial charge in [0.05, 0.1) is 5.92 Å². The van der Waals surface area contributed by atoms with Gasteiger partial charge in [0.15, 0.2) is 0 Å². The molecule has 0 saturated carbocycles. The minimum Gasteiger partial charge on any atom is -0.481 e. The molecule has 3 heteroatoms. The normalized spacial score (nSPS) is 11.9. The molecule has 15 heavy (non-hydrogen) atoms. The van der Waals surface area contributed by atoms with Gasteiger partial charge in [-0.05, 0) is 18.8 Å². The fourth-order valence-corrected chi connectivity index (χ4v) is 1.48. The van der Waals surface area contributed by atoms with Crippen LogP contribution in [-0.4, -0.2) is 17.6 Å². The van der Waals surface area contributed by atoms with Crippen LogP contribution in [0.1, 0.15) is 53.4 Å². The van der Waals surface area contributed by atoms with Gasteiger partial charge in [0, 0.05) is 6.54 Å². The second kappa shape index (κ2) is 11.5. The molecule has 0 spiro atoms. The van der Waals surface area contributed by atoms with Gasteiger partial charge in [0.2, 0.25) is 0 Å². The maximum atomic E-state index is 10.6. The van der Waals surface area contributed by atoms with E-state index in [-0.39, 0.29) is 12.5 Å². The first-order valence-electron chi connectivity index (χ1n) is 6.08. The number of nitrogens with two attached hydrogens (primary N) is 1. The molecule has 0 bridgehead atoms. The van der Waals surface area contributed by atoms with E-state index in [1.54, 1.807) is 0 Å². The van der Waals surface area contributed by atoms with Crippen LogP contribution in [0, 0.1) is 11.8 Å². The minimum atomic E-state index is -0.756.